The Morgan fingerprint density at radius 1 is 1.20 bits per heavy atom. The number of hydrogen-bond donors (Lipinski definition) is 0. The van der Waals surface area contributed by atoms with Gasteiger partial charge in [-0.25, -0.2) is 0 Å². The van der Waals surface area contributed by atoms with Crippen LogP contribution in [0.4, 0.5) is 13.2 Å². The maximum Gasteiger partial charge on any atom is -1.00 e. The van der Waals surface area contributed by atoms with Crippen LogP contribution in [0.3, 0.4) is 0 Å². The van der Waals surface area contributed by atoms with Crippen LogP contribution in [0, 0.1) is 0 Å². The first-order chi connectivity index (χ1) is 7.07. The van der Waals surface area contributed by atoms with Gasteiger partial charge in [0.25, 0.3) is 0 Å². The molecule has 2 aliphatic rings. The molecule has 0 unspecified atom stereocenters. The largest absolute Gasteiger partial charge is 1.00 e. The van der Waals surface area contributed by atoms with Gasteiger partial charge in [-0.3, -0.25) is 0 Å². The molecule has 0 fully saturated rings. The molecule has 0 nitrogen and oxygen atoms in total. The van der Waals surface area contributed by atoms with Crippen molar-refractivity contribution in [3.8, 4) is 0 Å². The molecule has 80 valence electrons. The fraction of sp³-hybridized carbons (Fsp3) is 0.273. The van der Waals surface area contributed by atoms with Crippen molar-refractivity contribution in [2.45, 2.75) is 19.0 Å². The van der Waals surface area contributed by atoms with Crippen LogP contribution in [0.15, 0.2) is 43.7 Å². The topological polar surface area (TPSA) is 0 Å². The molecule has 15 heavy (non-hydrogen) atoms. The molecule has 4 heteroatoms. The van der Waals surface area contributed by atoms with E-state index < -0.39 is 30.9 Å². The number of alkyl halides is 3. The van der Waals surface area contributed by atoms with Crippen LogP contribution in [0.25, 0.3) is 0 Å². The second-order valence-corrected chi connectivity index (χ2v) is 5.78. The number of rotatable bonds is 2. The molecule has 0 radical (unpaired) electrons. The van der Waals surface area contributed by atoms with E-state index in [0.717, 1.165) is 6.42 Å². The summed E-state index contributed by atoms with van der Waals surface area (Å²) < 4.78 is 39.5. The van der Waals surface area contributed by atoms with E-state index in [1.54, 1.807) is 6.08 Å². The van der Waals surface area contributed by atoms with Crippen molar-refractivity contribution in [3.63, 3.8) is 0 Å². The predicted molar refractivity (Wildman–Crippen MR) is 50.9 cm³/mol. The molecule has 0 saturated heterocycles. The van der Waals surface area contributed by atoms with Gasteiger partial charge in [0.05, 0.1) is 0 Å². The van der Waals surface area contributed by atoms with Crippen molar-refractivity contribution >= 4 is 0 Å². The third-order valence-corrected chi connectivity index (χ3v) is 4.61. The predicted octanol–water partition coefficient (Wildman–Crippen LogP) is 3.91. The molecule has 2 aliphatic carbocycles. The second-order valence-electron chi connectivity index (χ2n) is 3.45. The molecule has 0 spiro atoms. The summed E-state index contributed by atoms with van der Waals surface area (Å²) in [6.07, 6.45) is 5.88. The minimum absolute atomic E-state index is 0. The Labute approximate surface area is 98.1 Å². The van der Waals surface area contributed by atoms with E-state index in [1.807, 2.05) is 18.2 Å². The second kappa shape index (κ2) is 4.15. The zero-order valence-corrected chi connectivity index (χ0v) is 9.50. The summed E-state index contributed by atoms with van der Waals surface area (Å²) in [6, 6.07) is 0. The van der Waals surface area contributed by atoms with Gasteiger partial charge >= 0.3 is 95.1 Å². The van der Waals surface area contributed by atoms with Crippen LogP contribution in [0.2, 0.25) is 0 Å². The molecule has 0 N–H and O–H groups in total. The molecule has 0 atom stereocenters. The Hall–Kier alpha value is -0.536. The maximum absolute atomic E-state index is 12.6. The van der Waals surface area contributed by atoms with Crippen molar-refractivity contribution in [2.24, 2.45) is 0 Å². The first-order valence-electron chi connectivity index (χ1n) is 4.67. The molecule has 0 bridgehead atoms. The SMILES string of the molecule is FC(F)(F)C1=[C]([Ti+2][C]2=CC=CC2)CC=C1.[H-].[H-]. The summed E-state index contributed by atoms with van der Waals surface area (Å²) in [5.41, 5.74) is -0.393. The molecular weight excluding hydrogens is 237 g/mol. The van der Waals surface area contributed by atoms with Gasteiger partial charge in [0.15, 0.2) is 0 Å². The fourth-order valence-electron chi connectivity index (χ4n) is 1.62. The molecule has 0 aliphatic heterocycles. The van der Waals surface area contributed by atoms with Crippen molar-refractivity contribution < 1.29 is 35.2 Å². The smallest absolute Gasteiger partial charge is 1.00 e. The standard InChI is InChI=1S/C6H4F3.C5H5.Ti.2H/c7-6(8,9)5-3-1-2-4-5;1-2-4-5-3-1;;;/h1,3H,2H2;1-3H,4H2;;;/q;;+2;2*-1. The zero-order valence-electron chi connectivity index (χ0n) is 9.93. The van der Waals surface area contributed by atoms with E-state index in [0.29, 0.717) is 10.3 Å². The van der Waals surface area contributed by atoms with Gasteiger partial charge in [-0.15, -0.1) is 0 Å². The van der Waals surface area contributed by atoms with Crippen molar-refractivity contribution in [1.29, 1.82) is 0 Å². The van der Waals surface area contributed by atoms with Gasteiger partial charge < -0.3 is 2.85 Å². The Balaban J connectivity index is 0.00000128. The van der Waals surface area contributed by atoms with Crippen molar-refractivity contribution in [3.05, 3.63) is 43.7 Å². The number of halogens is 3. The molecule has 0 aromatic rings. The molecule has 0 aromatic heterocycles. The van der Waals surface area contributed by atoms with E-state index in [-0.39, 0.29) is 2.85 Å². The van der Waals surface area contributed by atoms with Crippen LogP contribution >= 0.6 is 0 Å². The van der Waals surface area contributed by atoms with E-state index >= 15 is 0 Å². The third kappa shape index (κ3) is 2.53. The van der Waals surface area contributed by atoms with Crippen molar-refractivity contribution in [2.75, 3.05) is 0 Å². The third-order valence-electron chi connectivity index (χ3n) is 2.32. The van der Waals surface area contributed by atoms with Crippen LogP contribution in [0.1, 0.15) is 15.7 Å². The minimum Gasteiger partial charge on any atom is -1.00 e. The van der Waals surface area contributed by atoms with Gasteiger partial charge in [0, 0.05) is 0 Å². The van der Waals surface area contributed by atoms with Crippen LogP contribution in [-0.4, -0.2) is 6.18 Å². The zero-order chi connectivity index (χ0) is 10.9. The summed E-state index contributed by atoms with van der Waals surface area (Å²) in [4.78, 5) is 0. The Kier molecular flexibility index (Phi) is 3.03. The van der Waals surface area contributed by atoms with Crippen LogP contribution in [0.5, 0.6) is 0 Å². The first-order valence-corrected chi connectivity index (χ1v) is 6.23. The summed E-state index contributed by atoms with van der Waals surface area (Å²) in [5.74, 6) is 0. The average Bonchev–Trinajstić information content (AvgIpc) is 2.73. The Morgan fingerprint density at radius 3 is 2.60 bits per heavy atom. The van der Waals surface area contributed by atoms with E-state index in [2.05, 4.69) is 0 Å². The molecule has 0 amide bonds. The monoisotopic (exact) mass is 248 g/mol. The quantitative estimate of drug-likeness (QED) is 0.650. The summed E-state index contributed by atoms with van der Waals surface area (Å²) in [6.45, 7) is 0. The Bertz CT molecular complexity index is 392. The van der Waals surface area contributed by atoms with E-state index in [4.69, 9.17) is 0 Å². The summed E-state index contributed by atoms with van der Waals surface area (Å²) >= 11 is -0.735. The normalized spacial score (nSPS) is 19.8. The van der Waals surface area contributed by atoms with Gasteiger partial charge in [-0.05, 0) is 0 Å². The summed E-state index contributed by atoms with van der Waals surface area (Å²) in [7, 11) is 0. The average molecular weight is 248 g/mol. The molecule has 0 heterocycles. The molecule has 2 rings (SSSR count). The molecular formula is C11H11F3Ti. The minimum atomic E-state index is -4.17. The van der Waals surface area contributed by atoms with Gasteiger partial charge in [0.1, 0.15) is 0 Å². The molecule has 0 aromatic carbocycles. The summed E-state index contributed by atoms with van der Waals surface area (Å²) in [5, 5.41) is 0. The number of hydrogen-bond acceptors (Lipinski definition) is 0. The van der Waals surface area contributed by atoms with Gasteiger partial charge in [-0.2, -0.15) is 0 Å². The van der Waals surface area contributed by atoms with Crippen LogP contribution in [-0.2, 0) is 19.2 Å². The number of allylic oxidation sites excluding steroid dienone is 8. The molecule has 0 saturated carbocycles. The fourth-order valence-corrected chi connectivity index (χ4v) is 3.76. The van der Waals surface area contributed by atoms with E-state index in [1.165, 1.54) is 9.95 Å². The Morgan fingerprint density at radius 2 is 2.00 bits per heavy atom. The van der Waals surface area contributed by atoms with E-state index in [9.17, 15) is 13.2 Å². The van der Waals surface area contributed by atoms with Gasteiger partial charge in [-0.1, -0.05) is 0 Å². The van der Waals surface area contributed by atoms with Gasteiger partial charge in [0.2, 0.25) is 0 Å². The maximum atomic E-state index is 12.6. The van der Waals surface area contributed by atoms with Crippen molar-refractivity contribution in [1.82, 2.24) is 0 Å². The van der Waals surface area contributed by atoms with Crippen LogP contribution < -0.4 is 0 Å². The first kappa shape index (κ1) is 11.0.